The Bertz CT molecular complexity index is 309. The van der Waals surface area contributed by atoms with Gasteiger partial charge in [0.05, 0.1) is 0 Å². The highest BCUT2D eigenvalue weighted by atomic mass is 79.9. The normalized spacial score (nSPS) is 13.0. The van der Waals surface area contributed by atoms with Crippen molar-refractivity contribution >= 4 is 31.9 Å². The quantitative estimate of drug-likeness (QED) is 0.489. The van der Waals surface area contributed by atoms with E-state index in [0.717, 1.165) is 29.4 Å². The molecule has 0 heterocycles. The van der Waals surface area contributed by atoms with E-state index in [4.69, 9.17) is 4.74 Å². The van der Waals surface area contributed by atoms with Gasteiger partial charge in [0, 0.05) is 23.0 Å². The highest BCUT2D eigenvalue weighted by Gasteiger charge is 2.10. The van der Waals surface area contributed by atoms with E-state index in [2.05, 4.69) is 70.0 Å². The van der Waals surface area contributed by atoms with Gasteiger partial charge in [0.1, 0.15) is 0 Å². The van der Waals surface area contributed by atoms with Gasteiger partial charge < -0.3 is 4.74 Å². The second-order valence-electron chi connectivity index (χ2n) is 4.66. The predicted molar refractivity (Wildman–Crippen MR) is 81.0 cm³/mol. The van der Waals surface area contributed by atoms with Crippen molar-refractivity contribution in [1.82, 2.24) is 0 Å². The summed E-state index contributed by atoms with van der Waals surface area (Å²) in [5.74, 6) is 1.15. The summed E-state index contributed by atoms with van der Waals surface area (Å²) in [5.41, 5.74) is 1.37. The number of rotatable bonds is 7. The van der Waals surface area contributed by atoms with Gasteiger partial charge in [-0.25, -0.2) is 0 Å². The van der Waals surface area contributed by atoms with Gasteiger partial charge in [-0.1, -0.05) is 57.8 Å². The Morgan fingerprint density at radius 2 is 1.82 bits per heavy atom. The Hall–Kier alpha value is 0.140. The lowest BCUT2D eigenvalue weighted by Gasteiger charge is -2.15. The summed E-state index contributed by atoms with van der Waals surface area (Å²) < 4.78 is 6.77. The van der Waals surface area contributed by atoms with E-state index < -0.39 is 0 Å². The molecule has 0 fully saturated rings. The molecule has 1 atom stereocenters. The van der Waals surface area contributed by atoms with Crippen molar-refractivity contribution < 1.29 is 4.74 Å². The van der Waals surface area contributed by atoms with Crippen LogP contribution in [-0.4, -0.2) is 18.5 Å². The standard InChI is InChI=1S/C14H20Br2O/c1-11(2)10-17-8-7-13(9-15)12-3-5-14(16)6-4-12/h3-6,11,13H,7-10H2,1-2H3. The summed E-state index contributed by atoms with van der Waals surface area (Å²) >= 11 is 7.04. The lowest BCUT2D eigenvalue weighted by atomic mass is 9.98. The molecule has 0 saturated carbocycles. The highest BCUT2D eigenvalue weighted by molar-refractivity contribution is 9.10. The minimum Gasteiger partial charge on any atom is -0.381 e. The molecule has 0 bridgehead atoms. The van der Waals surface area contributed by atoms with Crippen LogP contribution in [0.4, 0.5) is 0 Å². The number of hydrogen-bond acceptors (Lipinski definition) is 1. The molecule has 0 aliphatic heterocycles. The molecule has 0 amide bonds. The maximum absolute atomic E-state index is 5.64. The number of benzene rings is 1. The molecule has 17 heavy (non-hydrogen) atoms. The van der Waals surface area contributed by atoms with Crippen LogP contribution >= 0.6 is 31.9 Å². The molecule has 0 aliphatic carbocycles. The van der Waals surface area contributed by atoms with Crippen LogP contribution in [0.15, 0.2) is 28.7 Å². The van der Waals surface area contributed by atoms with Gasteiger partial charge in [0.25, 0.3) is 0 Å². The van der Waals surface area contributed by atoms with E-state index in [1.807, 2.05) is 0 Å². The van der Waals surface area contributed by atoms with Crippen molar-refractivity contribution in [2.24, 2.45) is 5.92 Å². The average Bonchev–Trinajstić information content (AvgIpc) is 2.30. The summed E-state index contributed by atoms with van der Waals surface area (Å²) in [6.45, 7) is 6.05. The van der Waals surface area contributed by atoms with E-state index >= 15 is 0 Å². The molecule has 0 radical (unpaired) electrons. The molecule has 96 valence electrons. The summed E-state index contributed by atoms with van der Waals surface area (Å²) in [7, 11) is 0. The Morgan fingerprint density at radius 1 is 1.18 bits per heavy atom. The van der Waals surface area contributed by atoms with Crippen LogP contribution in [0, 0.1) is 5.92 Å². The minimum atomic E-state index is 0.537. The SMILES string of the molecule is CC(C)COCCC(CBr)c1ccc(Br)cc1. The van der Waals surface area contributed by atoms with E-state index in [1.54, 1.807) is 0 Å². The van der Waals surface area contributed by atoms with E-state index in [1.165, 1.54) is 5.56 Å². The second-order valence-corrected chi connectivity index (χ2v) is 6.22. The van der Waals surface area contributed by atoms with Gasteiger partial charge in [0.2, 0.25) is 0 Å². The molecule has 0 saturated heterocycles. The molecule has 1 unspecified atom stereocenters. The van der Waals surface area contributed by atoms with Gasteiger partial charge in [-0.3, -0.25) is 0 Å². The first-order valence-electron chi connectivity index (χ1n) is 6.02. The monoisotopic (exact) mass is 362 g/mol. The zero-order chi connectivity index (χ0) is 12.7. The smallest absolute Gasteiger partial charge is 0.0488 e. The Labute approximate surface area is 121 Å². The fourth-order valence-corrected chi connectivity index (χ4v) is 2.57. The molecular weight excluding hydrogens is 344 g/mol. The van der Waals surface area contributed by atoms with Crippen molar-refractivity contribution in [3.05, 3.63) is 34.3 Å². The van der Waals surface area contributed by atoms with Gasteiger partial charge in [-0.15, -0.1) is 0 Å². The summed E-state index contributed by atoms with van der Waals surface area (Å²) in [5, 5.41) is 0.986. The average molecular weight is 364 g/mol. The van der Waals surface area contributed by atoms with Crippen LogP contribution in [-0.2, 0) is 4.74 Å². The van der Waals surface area contributed by atoms with Crippen molar-refractivity contribution in [2.45, 2.75) is 26.2 Å². The van der Waals surface area contributed by atoms with Gasteiger partial charge in [-0.05, 0) is 36.0 Å². The van der Waals surface area contributed by atoms with Crippen molar-refractivity contribution in [3.8, 4) is 0 Å². The molecular formula is C14H20Br2O. The lowest BCUT2D eigenvalue weighted by Crippen LogP contribution is -2.08. The number of alkyl halides is 1. The van der Waals surface area contributed by atoms with Crippen molar-refractivity contribution in [1.29, 1.82) is 0 Å². The largest absolute Gasteiger partial charge is 0.381 e. The molecule has 1 nitrogen and oxygen atoms in total. The number of halogens is 2. The third-order valence-electron chi connectivity index (χ3n) is 2.59. The van der Waals surface area contributed by atoms with E-state index in [9.17, 15) is 0 Å². The summed E-state index contributed by atoms with van der Waals surface area (Å²) in [6.07, 6.45) is 1.07. The van der Waals surface area contributed by atoms with Gasteiger partial charge in [-0.2, -0.15) is 0 Å². The Balaban J connectivity index is 2.40. The summed E-state index contributed by atoms with van der Waals surface area (Å²) in [4.78, 5) is 0. The third-order valence-corrected chi connectivity index (χ3v) is 3.90. The third kappa shape index (κ3) is 6.03. The van der Waals surface area contributed by atoms with E-state index in [-0.39, 0.29) is 0 Å². The molecule has 0 aromatic heterocycles. The van der Waals surface area contributed by atoms with Gasteiger partial charge >= 0.3 is 0 Å². The Kier molecular flexibility index (Phi) is 7.40. The summed E-state index contributed by atoms with van der Waals surface area (Å²) in [6, 6.07) is 8.55. The molecule has 0 spiro atoms. The highest BCUT2D eigenvalue weighted by Crippen LogP contribution is 2.23. The first kappa shape index (κ1) is 15.2. The maximum Gasteiger partial charge on any atom is 0.0488 e. The van der Waals surface area contributed by atoms with Crippen LogP contribution in [0.5, 0.6) is 0 Å². The van der Waals surface area contributed by atoms with Crippen molar-refractivity contribution in [3.63, 3.8) is 0 Å². The van der Waals surface area contributed by atoms with Crippen LogP contribution in [0.25, 0.3) is 0 Å². The molecule has 3 heteroatoms. The predicted octanol–water partition coefficient (Wildman–Crippen LogP) is 4.99. The minimum absolute atomic E-state index is 0.537. The topological polar surface area (TPSA) is 9.23 Å². The number of hydrogen-bond donors (Lipinski definition) is 0. The molecule has 1 aromatic carbocycles. The molecule has 0 aliphatic rings. The zero-order valence-electron chi connectivity index (χ0n) is 10.5. The van der Waals surface area contributed by atoms with E-state index in [0.29, 0.717) is 11.8 Å². The molecule has 1 rings (SSSR count). The van der Waals surface area contributed by atoms with Crippen LogP contribution in [0.2, 0.25) is 0 Å². The van der Waals surface area contributed by atoms with Gasteiger partial charge in [0.15, 0.2) is 0 Å². The van der Waals surface area contributed by atoms with Crippen LogP contribution in [0.3, 0.4) is 0 Å². The number of ether oxygens (including phenoxy) is 1. The molecule has 1 aromatic rings. The first-order chi connectivity index (χ1) is 8.13. The fourth-order valence-electron chi connectivity index (χ4n) is 1.61. The zero-order valence-corrected chi connectivity index (χ0v) is 13.6. The Morgan fingerprint density at radius 3 is 2.35 bits per heavy atom. The molecule has 0 N–H and O–H groups in total. The van der Waals surface area contributed by atoms with Crippen LogP contribution in [0.1, 0.15) is 31.7 Å². The lowest BCUT2D eigenvalue weighted by molar-refractivity contribution is 0.105. The fraction of sp³-hybridized carbons (Fsp3) is 0.571. The first-order valence-corrected chi connectivity index (χ1v) is 7.94. The maximum atomic E-state index is 5.64. The second kappa shape index (κ2) is 8.28. The van der Waals surface area contributed by atoms with Crippen LogP contribution < -0.4 is 0 Å². The van der Waals surface area contributed by atoms with Crippen molar-refractivity contribution in [2.75, 3.05) is 18.5 Å².